The van der Waals surface area contributed by atoms with Crippen LogP contribution >= 0.6 is 0 Å². The molecule has 1 aliphatic rings. The van der Waals surface area contributed by atoms with E-state index >= 15 is 0 Å². The van der Waals surface area contributed by atoms with E-state index in [1.165, 1.54) is 5.56 Å². The van der Waals surface area contributed by atoms with Crippen LogP contribution in [-0.4, -0.2) is 36.1 Å². The summed E-state index contributed by atoms with van der Waals surface area (Å²) in [5.74, 6) is 0.990. The van der Waals surface area contributed by atoms with Crippen molar-refractivity contribution in [2.75, 3.05) is 36.8 Å². The monoisotopic (exact) mass is 268 g/mol. The molecule has 2 heterocycles. The number of anilines is 2. The topological polar surface area (TPSA) is 45.4 Å². The molecule has 0 bridgehead atoms. The Bertz CT molecular complexity index is 547. The van der Waals surface area contributed by atoms with Gasteiger partial charge in [-0.25, -0.2) is 4.98 Å². The highest BCUT2D eigenvalue weighted by atomic mass is 15.3. The molecule has 1 saturated heterocycles. The third-order valence-corrected chi connectivity index (χ3v) is 3.71. The second-order valence-electron chi connectivity index (χ2n) is 5.20. The quantitative estimate of drug-likeness (QED) is 0.924. The van der Waals surface area contributed by atoms with E-state index in [0.717, 1.165) is 44.2 Å². The molecule has 104 valence electrons. The average Bonchev–Trinajstić information content (AvgIpc) is 2.49. The van der Waals surface area contributed by atoms with Crippen molar-refractivity contribution in [3.63, 3.8) is 0 Å². The third kappa shape index (κ3) is 3.08. The van der Waals surface area contributed by atoms with Crippen LogP contribution in [0.2, 0.25) is 0 Å². The summed E-state index contributed by atoms with van der Waals surface area (Å²) in [5.41, 5.74) is 7.97. The number of aromatic nitrogens is 1. The van der Waals surface area contributed by atoms with Crippen LogP contribution < -0.4 is 10.6 Å². The fraction of sp³-hybridized carbons (Fsp3) is 0.312. The van der Waals surface area contributed by atoms with Crippen molar-refractivity contribution in [2.45, 2.75) is 6.54 Å². The number of hydrogen-bond donors (Lipinski definition) is 1. The molecule has 4 nitrogen and oxygen atoms in total. The maximum atomic E-state index is 5.82. The van der Waals surface area contributed by atoms with Gasteiger partial charge in [-0.05, 0) is 11.6 Å². The van der Waals surface area contributed by atoms with Crippen molar-refractivity contribution in [2.24, 2.45) is 0 Å². The summed E-state index contributed by atoms with van der Waals surface area (Å²) in [4.78, 5) is 9.19. The second-order valence-corrected chi connectivity index (χ2v) is 5.20. The summed E-state index contributed by atoms with van der Waals surface area (Å²) >= 11 is 0. The van der Waals surface area contributed by atoms with Crippen LogP contribution in [0.5, 0.6) is 0 Å². The van der Waals surface area contributed by atoms with Gasteiger partial charge in [0.25, 0.3) is 0 Å². The van der Waals surface area contributed by atoms with E-state index in [4.69, 9.17) is 5.73 Å². The van der Waals surface area contributed by atoms with Crippen LogP contribution in [0.3, 0.4) is 0 Å². The molecule has 1 fully saturated rings. The molecule has 0 spiro atoms. The molecule has 0 saturated carbocycles. The molecule has 1 aliphatic heterocycles. The van der Waals surface area contributed by atoms with E-state index in [2.05, 4.69) is 45.1 Å². The van der Waals surface area contributed by atoms with Gasteiger partial charge in [0.1, 0.15) is 5.82 Å². The van der Waals surface area contributed by atoms with Gasteiger partial charge in [0.2, 0.25) is 0 Å². The SMILES string of the molecule is Nc1ccnc(N2CCN(Cc3ccccc3)CC2)c1. The number of rotatable bonds is 3. The van der Waals surface area contributed by atoms with Crippen molar-refractivity contribution < 1.29 is 0 Å². The highest BCUT2D eigenvalue weighted by Crippen LogP contribution is 2.17. The Labute approximate surface area is 119 Å². The summed E-state index contributed by atoms with van der Waals surface area (Å²) in [6, 6.07) is 14.4. The molecule has 0 amide bonds. The van der Waals surface area contributed by atoms with Gasteiger partial charge >= 0.3 is 0 Å². The van der Waals surface area contributed by atoms with E-state index in [1.807, 2.05) is 12.1 Å². The second kappa shape index (κ2) is 5.92. The van der Waals surface area contributed by atoms with Gasteiger partial charge in [-0.2, -0.15) is 0 Å². The molecule has 1 aromatic heterocycles. The Morgan fingerprint density at radius 1 is 1.00 bits per heavy atom. The van der Waals surface area contributed by atoms with E-state index < -0.39 is 0 Å². The Balaban J connectivity index is 1.57. The van der Waals surface area contributed by atoms with Crippen LogP contribution in [0.1, 0.15) is 5.56 Å². The van der Waals surface area contributed by atoms with Gasteiger partial charge < -0.3 is 10.6 Å². The number of hydrogen-bond acceptors (Lipinski definition) is 4. The summed E-state index contributed by atoms with van der Waals surface area (Å²) < 4.78 is 0. The number of nitrogens with zero attached hydrogens (tertiary/aromatic N) is 3. The molecule has 0 atom stereocenters. The largest absolute Gasteiger partial charge is 0.399 e. The lowest BCUT2D eigenvalue weighted by molar-refractivity contribution is 0.249. The number of nitrogens with two attached hydrogens (primary N) is 1. The Kier molecular flexibility index (Phi) is 3.83. The first-order chi connectivity index (χ1) is 9.81. The maximum absolute atomic E-state index is 5.82. The third-order valence-electron chi connectivity index (χ3n) is 3.71. The van der Waals surface area contributed by atoms with Gasteiger partial charge in [0.05, 0.1) is 0 Å². The van der Waals surface area contributed by atoms with Crippen LogP contribution in [0.15, 0.2) is 48.7 Å². The number of pyridine rings is 1. The molecule has 4 heteroatoms. The fourth-order valence-corrected chi connectivity index (χ4v) is 2.58. The molecule has 2 N–H and O–H groups in total. The molecule has 0 radical (unpaired) electrons. The lowest BCUT2D eigenvalue weighted by atomic mass is 10.2. The zero-order valence-electron chi connectivity index (χ0n) is 11.6. The van der Waals surface area contributed by atoms with Crippen molar-refractivity contribution in [1.82, 2.24) is 9.88 Å². The first kappa shape index (κ1) is 12.9. The van der Waals surface area contributed by atoms with Gasteiger partial charge in [-0.1, -0.05) is 30.3 Å². The zero-order valence-corrected chi connectivity index (χ0v) is 11.6. The van der Waals surface area contributed by atoms with E-state index in [1.54, 1.807) is 6.20 Å². The molecule has 2 aromatic rings. The lowest BCUT2D eigenvalue weighted by Crippen LogP contribution is -2.46. The van der Waals surface area contributed by atoms with Crippen molar-refractivity contribution >= 4 is 11.5 Å². The summed E-state index contributed by atoms with van der Waals surface area (Å²) in [6.45, 7) is 5.16. The first-order valence-electron chi connectivity index (χ1n) is 7.04. The molecule has 3 rings (SSSR count). The minimum absolute atomic E-state index is 0.779. The molecule has 1 aromatic carbocycles. The minimum Gasteiger partial charge on any atom is -0.399 e. The average molecular weight is 268 g/mol. The van der Waals surface area contributed by atoms with E-state index in [0.29, 0.717) is 0 Å². The number of nitrogen functional groups attached to an aromatic ring is 1. The van der Waals surface area contributed by atoms with Gasteiger partial charge in [0, 0.05) is 50.7 Å². The van der Waals surface area contributed by atoms with Gasteiger partial charge in [0.15, 0.2) is 0 Å². The van der Waals surface area contributed by atoms with E-state index in [9.17, 15) is 0 Å². The summed E-state index contributed by atoms with van der Waals surface area (Å²) in [6.07, 6.45) is 1.78. The zero-order chi connectivity index (χ0) is 13.8. The molecular weight excluding hydrogens is 248 g/mol. The standard InChI is InChI=1S/C16H20N4/c17-15-6-7-18-16(12-15)20-10-8-19(9-11-20)13-14-4-2-1-3-5-14/h1-7,12H,8-11,13H2,(H2,17,18). The Morgan fingerprint density at radius 3 is 2.45 bits per heavy atom. The molecular formula is C16H20N4. The van der Waals surface area contributed by atoms with Gasteiger partial charge in [-0.3, -0.25) is 4.90 Å². The maximum Gasteiger partial charge on any atom is 0.130 e. The summed E-state index contributed by atoms with van der Waals surface area (Å²) in [5, 5.41) is 0. The Morgan fingerprint density at radius 2 is 1.75 bits per heavy atom. The number of benzene rings is 1. The van der Waals surface area contributed by atoms with Gasteiger partial charge in [-0.15, -0.1) is 0 Å². The summed E-state index contributed by atoms with van der Waals surface area (Å²) in [7, 11) is 0. The predicted octanol–water partition coefficient (Wildman–Crippen LogP) is 1.99. The first-order valence-corrected chi connectivity index (χ1v) is 7.04. The lowest BCUT2D eigenvalue weighted by Gasteiger charge is -2.35. The van der Waals surface area contributed by atoms with Crippen LogP contribution in [-0.2, 0) is 6.54 Å². The van der Waals surface area contributed by atoms with Crippen molar-refractivity contribution in [3.8, 4) is 0 Å². The fourth-order valence-electron chi connectivity index (χ4n) is 2.58. The van der Waals surface area contributed by atoms with Crippen LogP contribution in [0.4, 0.5) is 11.5 Å². The minimum atomic E-state index is 0.779. The molecule has 20 heavy (non-hydrogen) atoms. The molecule has 0 aliphatic carbocycles. The number of piperazine rings is 1. The van der Waals surface area contributed by atoms with Crippen molar-refractivity contribution in [3.05, 3.63) is 54.2 Å². The highest BCUT2D eigenvalue weighted by molar-refractivity contribution is 5.50. The van der Waals surface area contributed by atoms with Crippen LogP contribution in [0, 0.1) is 0 Å². The Hall–Kier alpha value is -2.07. The normalized spacial score (nSPS) is 16.3. The van der Waals surface area contributed by atoms with E-state index in [-0.39, 0.29) is 0 Å². The molecule has 0 unspecified atom stereocenters. The van der Waals surface area contributed by atoms with Crippen molar-refractivity contribution in [1.29, 1.82) is 0 Å². The van der Waals surface area contributed by atoms with Crippen LogP contribution in [0.25, 0.3) is 0 Å². The predicted molar refractivity (Wildman–Crippen MR) is 82.6 cm³/mol. The smallest absolute Gasteiger partial charge is 0.130 e. The highest BCUT2D eigenvalue weighted by Gasteiger charge is 2.17.